The van der Waals surface area contributed by atoms with Crippen molar-refractivity contribution >= 4 is 46.7 Å². The average Bonchev–Trinajstić information content (AvgIpc) is 3.76. The fourth-order valence-corrected chi connectivity index (χ4v) is 16.4. The molecule has 0 aromatic heterocycles. The monoisotopic (exact) mass is 899 g/mol. The van der Waals surface area contributed by atoms with Crippen molar-refractivity contribution in [2.24, 2.45) is 23.7 Å². The maximum atomic E-state index is 7.42. The lowest BCUT2D eigenvalue weighted by Gasteiger charge is -2.42. The van der Waals surface area contributed by atoms with Crippen LogP contribution in [0.1, 0.15) is 165 Å². The maximum Gasteiger partial charge on any atom is 0.495 e. The van der Waals surface area contributed by atoms with Gasteiger partial charge in [-0.2, -0.15) is 0 Å². The molecule has 68 heavy (non-hydrogen) atoms. The summed E-state index contributed by atoms with van der Waals surface area (Å²) in [6.07, 6.45) is 14.8. The summed E-state index contributed by atoms with van der Waals surface area (Å²) in [6, 6.07) is 42.1. The predicted octanol–water partition coefficient (Wildman–Crippen LogP) is 14.1. The van der Waals surface area contributed by atoms with Gasteiger partial charge in [-0.3, -0.25) is 0 Å². The van der Waals surface area contributed by atoms with Crippen LogP contribution in [0.4, 0.5) is 0 Å². The molecular weight excluding hydrogens is 830 g/mol. The minimum atomic E-state index is -0.559. The standard InChI is InChI=1S/C62H68B2O4/c1-59(2)61(5,67-63(65-59)47-20-23-48-43-28-37-26-38(29-43)31-45(30-37)57-50-15-10-8-13-42(50)19-22-53(57)54(48)36-47)24-25-62(6)60(3,4)66-64(68-62)55-17-11-16-51-52-21-18-41-12-7-9-14-49(41)56(52)44-32-39-27-40(33-44)35-46(34-39)58(51)55/h7-23,36-40,43-46H,24-35H2,1-6H3. The average molecular weight is 899 g/mol. The molecule has 6 heteroatoms. The van der Waals surface area contributed by atoms with Crippen molar-refractivity contribution in [3.8, 4) is 22.3 Å². The molecule has 6 unspecified atom stereocenters. The third-order valence-electron chi connectivity index (χ3n) is 20.4. The smallest absolute Gasteiger partial charge is 0.399 e. The fraction of sp³-hybridized carbons (Fsp3) is 0.484. The first-order valence-corrected chi connectivity index (χ1v) is 26.8. The van der Waals surface area contributed by atoms with Crippen molar-refractivity contribution in [1.82, 2.24) is 0 Å². The van der Waals surface area contributed by atoms with Gasteiger partial charge in [-0.15, -0.1) is 0 Å². The summed E-state index contributed by atoms with van der Waals surface area (Å²) in [7, 11) is -0.908. The van der Waals surface area contributed by atoms with Crippen molar-refractivity contribution in [1.29, 1.82) is 0 Å². The van der Waals surface area contributed by atoms with Gasteiger partial charge < -0.3 is 18.6 Å². The number of fused-ring (bicyclic) bond motifs is 2. The molecule has 10 aliphatic rings. The molecule has 346 valence electrons. The maximum absolute atomic E-state index is 7.42. The molecule has 4 saturated carbocycles. The largest absolute Gasteiger partial charge is 0.495 e. The number of rotatable bonds is 5. The molecule has 4 nitrogen and oxygen atoms in total. The molecular formula is C62H68B2O4. The van der Waals surface area contributed by atoms with Gasteiger partial charge in [0.25, 0.3) is 0 Å². The van der Waals surface area contributed by atoms with Crippen LogP contribution < -0.4 is 10.9 Å². The fourth-order valence-electron chi connectivity index (χ4n) is 16.4. The van der Waals surface area contributed by atoms with Crippen LogP contribution in [0.5, 0.6) is 0 Å². The summed E-state index contributed by atoms with van der Waals surface area (Å²) >= 11 is 0. The van der Waals surface area contributed by atoms with Gasteiger partial charge in [0.15, 0.2) is 0 Å². The van der Waals surface area contributed by atoms with Gasteiger partial charge in [0.2, 0.25) is 0 Å². The van der Waals surface area contributed by atoms with Gasteiger partial charge in [-0.25, -0.2) is 0 Å². The van der Waals surface area contributed by atoms with Crippen molar-refractivity contribution in [2.45, 2.75) is 165 Å². The molecule has 2 saturated heterocycles. The van der Waals surface area contributed by atoms with Crippen molar-refractivity contribution < 1.29 is 18.6 Å². The van der Waals surface area contributed by atoms with E-state index in [-0.39, 0.29) is 0 Å². The Morgan fingerprint density at radius 1 is 0.412 bits per heavy atom. The Kier molecular flexibility index (Phi) is 9.51. The van der Waals surface area contributed by atoms with Crippen molar-refractivity contribution in [3.05, 3.63) is 131 Å². The summed E-state index contributed by atoms with van der Waals surface area (Å²) in [6.45, 7) is 13.5. The summed E-state index contributed by atoms with van der Waals surface area (Å²) in [4.78, 5) is 0. The second kappa shape index (κ2) is 15.2. The normalized spacial score (nSPS) is 33.6. The molecule has 8 aliphatic carbocycles. The van der Waals surface area contributed by atoms with Gasteiger partial charge >= 0.3 is 14.2 Å². The molecule has 6 fully saturated rings. The summed E-state index contributed by atoms with van der Waals surface area (Å²) < 4.78 is 29.0. The van der Waals surface area contributed by atoms with Gasteiger partial charge in [0.05, 0.1) is 22.4 Å². The van der Waals surface area contributed by atoms with Crippen LogP contribution >= 0.6 is 0 Å². The second-order valence-electron chi connectivity index (χ2n) is 24.9. The quantitative estimate of drug-likeness (QED) is 0.162. The SMILES string of the molecule is CC1(C)OB(c2ccc3c(c2)-c2ccc4ccccc4c2C2CC4CC(CC3C4)C2)OC1(C)CCC1(C)OB(c2cccc3c2C2CC4CC(C2)CC(C4)c2c-3ccc3ccccc23)OC1(C)C. The molecule has 6 atom stereocenters. The van der Waals surface area contributed by atoms with Crippen LogP contribution in [0.15, 0.2) is 109 Å². The third kappa shape index (κ3) is 6.48. The molecule has 2 heterocycles. The van der Waals surface area contributed by atoms with Gasteiger partial charge in [0, 0.05) is 0 Å². The van der Waals surface area contributed by atoms with Crippen LogP contribution in [0.2, 0.25) is 0 Å². The van der Waals surface area contributed by atoms with Gasteiger partial charge in [-0.1, -0.05) is 109 Å². The topological polar surface area (TPSA) is 36.9 Å². The highest BCUT2D eigenvalue weighted by Crippen LogP contribution is 2.58. The van der Waals surface area contributed by atoms with Crippen LogP contribution in [-0.4, -0.2) is 36.6 Å². The van der Waals surface area contributed by atoms with Crippen LogP contribution in [-0.2, 0) is 18.6 Å². The Morgan fingerprint density at radius 2 is 0.882 bits per heavy atom. The van der Waals surface area contributed by atoms with E-state index in [0.717, 1.165) is 42.0 Å². The van der Waals surface area contributed by atoms with Crippen LogP contribution in [0.25, 0.3) is 43.8 Å². The minimum absolute atomic E-state index is 0.447. The van der Waals surface area contributed by atoms with Crippen LogP contribution in [0, 0.1) is 23.7 Å². The predicted molar refractivity (Wildman–Crippen MR) is 279 cm³/mol. The Hall–Kier alpha value is -4.19. The van der Waals surface area contributed by atoms with E-state index in [9.17, 15) is 0 Å². The van der Waals surface area contributed by atoms with E-state index in [4.69, 9.17) is 18.6 Å². The van der Waals surface area contributed by atoms with Crippen LogP contribution in [0.3, 0.4) is 0 Å². The molecule has 2 aliphatic heterocycles. The lowest BCUT2D eigenvalue weighted by atomic mass is 9.61. The lowest BCUT2D eigenvalue weighted by molar-refractivity contribution is -0.0576. The molecule has 0 radical (unpaired) electrons. The van der Waals surface area contributed by atoms with E-state index in [1.807, 2.05) is 0 Å². The Bertz CT molecular complexity index is 3000. The molecule has 0 spiro atoms. The molecule has 16 rings (SSSR count). The second-order valence-corrected chi connectivity index (χ2v) is 24.9. The number of hydrogen-bond donors (Lipinski definition) is 0. The Morgan fingerprint density at radius 3 is 1.46 bits per heavy atom. The van der Waals surface area contributed by atoms with Crippen molar-refractivity contribution in [2.75, 3.05) is 0 Å². The highest BCUT2D eigenvalue weighted by molar-refractivity contribution is 6.63. The summed E-state index contributed by atoms with van der Waals surface area (Å²) in [5, 5.41) is 5.60. The first kappa shape index (κ1) is 42.7. The number of hydrogen-bond acceptors (Lipinski definition) is 4. The van der Waals surface area contributed by atoms with E-state index in [2.05, 4.69) is 151 Å². The van der Waals surface area contributed by atoms with Crippen molar-refractivity contribution in [3.63, 3.8) is 0 Å². The number of benzene rings is 6. The van der Waals surface area contributed by atoms with E-state index >= 15 is 0 Å². The van der Waals surface area contributed by atoms with E-state index in [1.54, 1.807) is 11.1 Å². The minimum Gasteiger partial charge on any atom is -0.399 e. The first-order chi connectivity index (χ1) is 32.8. The zero-order chi connectivity index (χ0) is 45.9. The molecule has 0 amide bonds. The first-order valence-electron chi connectivity index (χ1n) is 26.8. The molecule has 8 bridgehead atoms. The Balaban J connectivity index is 0.776. The molecule has 6 aromatic rings. The van der Waals surface area contributed by atoms with Gasteiger partial charge in [-0.05, 0) is 243 Å². The van der Waals surface area contributed by atoms with E-state index in [1.165, 1.54) is 125 Å². The molecule has 6 aromatic carbocycles. The highest BCUT2D eigenvalue weighted by atomic mass is 16.7. The summed E-state index contributed by atoms with van der Waals surface area (Å²) in [5.74, 6) is 5.48. The lowest BCUT2D eigenvalue weighted by Crippen LogP contribution is -2.50. The summed E-state index contributed by atoms with van der Waals surface area (Å²) in [5.41, 5.74) is 12.0. The zero-order valence-electron chi connectivity index (χ0n) is 41.3. The molecule has 0 N–H and O–H groups in total. The van der Waals surface area contributed by atoms with E-state index < -0.39 is 36.6 Å². The van der Waals surface area contributed by atoms with E-state index in [0.29, 0.717) is 23.7 Å². The third-order valence-corrected chi connectivity index (χ3v) is 20.4. The van der Waals surface area contributed by atoms with Gasteiger partial charge in [0.1, 0.15) is 0 Å². The Labute approximate surface area is 405 Å². The zero-order valence-corrected chi connectivity index (χ0v) is 41.3. The highest BCUT2D eigenvalue weighted by Gasteiger charge is 2.59.